The molecule has 1 heterocycles. The molecule has 1 aliphatic heterocycles. The molecule has 2 heteroatoms. The highest BCUT2D eigenvalue weighted by Crippen LogP contribution is 2.38. The molecule has 1 fully saturated rings. The highest BCUT2D eigenvalue weighted by molar-refractivity contribution is 5.92. The van der Waals surface area contributed by atoms with Crippen molar-refractivity contribution >= 4 is 5.78 Å². The predicted octanol–water partition coefficient (Wildman–Crippen LogP) is 2.23. The van der Waals surface area contributed by atoms with Crippen molar-refractivity contribution in [3.8, 4) is 0 Å². The molecule has 72 valence electrons. The molecule has 2 aliphatic rings. The molecule has 2 nitrogen and oxygen atoms in total. The molecule has 1 aliphatic carbocycles. The third-order valence-electron chi connectivity index (χ3n) is 3.25. The summed E-state index contributed by atoms with van der Waals surface area (Å²) in [4.78, 5) is 11.1. The maximum Gasteiger partial charge on any atom is 0.181 e. The molecule has 2 rings (SSSR count). The zero-order chi connectivity index (χ0) is 9.31. The highest BCUT2D eigenvalue weighted by atomic mass is 16.5. The van der Waals surface area contributed by atoms with Crippen molar-refractivity contribution < 1.29 is 9.53 Å². The second-order valence-electron chi connectivity index (χ2n) is 4.14. The van der Waals surface area contributed by atoms with E-state index in [4.69, 9.17) is 4.74 Å². The van der Waals surface area contributed by atoms with Crippen molar-refractivity contribution in [3.05, 3.63) is 11.6 Å². The van der Waals surface area contributed by atoms with Gasteiger partial charge in [0.2, 0.25) is 0 Å². The van der Waals surface area contributed by atoms with Crippen LogP contribution < -0.4 is 0 Å². The summed E-state index contributed by atoms with van der Waals surface area (Å²) in [6.07, 6.45) is 7.76. The number of rotatable bonds is 0. The van der Waals surface area contributed by atoms with Gasteiger partial charge in [-0.2, -0.15) is 0 Å². The van der Waals surface area contributed by atoms with Crippen LogP contribution in [-0.2, 0) is 9.53 Å². The lowest BCUT2D eigenvalue weighted by molar-refractivity contribution is -0.129. The molecule has 1 spiro atoms. The number of carbonyl (C=O) groups is 1. The van der Waals surface area contributed by atoms with E-state index < -0.39 is 0 Å². The van der Waals surface area contributed by atoms with Crippen molar-refractivity contribution in [2.75, 3.05) is 6.61 Å². The maximum absolute atomic E-state index is 11.1. The van der Waals surface area contributed by atoms with Crippen LogP contribution in [0.15, 0.2) is 11.6 Å². The van der Waals surface area contributed by atoms with Gasteiger partial charge in [0.25, 0.3) is 0 Å². The van der Waals surface area contributed by atoms with E-state index in [0.717, 1.165) is 18.4 Å². The smallest absolute Gasteiger partial charge is 0.181 e. The fourth-order valence-electron chi connectivity index (χ4n) is 2.40. The standard InChI is InChI=1S/C11H16O2/c1-9-7-10(12)8-13-11(9)5-3-2-4-6-11/h7H,2-6,8H2,1H3. The van der Waals surface area contributed by atoms with E-state index in [1.807, 2.05) is 6.92 Å². The van der Waals surface area contributed by atoms with Crippen LogP contribution >= 0.6 is 0 Å². The largest absolute Gasteiger partial charge is 0.363 e. The summed E-state index contributed by atoms with van der Waals surface area (Å²) in [6.45, 7) is 2.32. The Morgan fingerprint density at radius 1 is 1.31 bits per heavy atom. The van der Waals surface area contributed by atoms with Gasteiger partial charge in [-0.15, -0.1) is 0 Å². The zero-order valence-electron chi connectivity index (χ0n) is 8.14. The van der Waals surface area contributed by atoms with Crippen LogP contribution in [0.4, 0.5) is 0 Å². The van der Waals surface area contributed by atoms with Crippen molar-refractivity contribution in [2.45, 2.75) is 44.6 Å². The molecule has 0 atom stereocenters. The van der Waals surface area contributed by atoms with Crippen LogP contribution in [0.1, 0.15) is 39.0 Å². The molecule has 1 saturated carbocycles. The molecule has 0 aromatic heterocycles. The Morgan fingerprint density at radius 3 is 2.62 bits per heavy atom. The Kier molecular flexibility index (Phi) is 2.24. The molecule has 0 N–H and O–H groups in total. The zero-order valence-corrected chi connectivity index (χ0v) is 8.14. The number of hydrogen-bond donors (Lipinski definition) is 0. The van der Waals surface area contributed by atoms with E-state index in [2.05, 4.69) is 0 Å². The fraction of sp³-hybridized carbons (Fsp3) is 0.727. The number of hydrogen-bond acceptors (Lipinski definition) is 2. The van der Waals surface area contributed by atoms with Gasteiger partial charge in [0.05, 0.1) is 5.60 Å². The van der Waals surface area contributed by atoms with Gasteiger partial charge >= 0.3 is 0 Å². The number of carbonyl (C=O) groups excluding carboxylic acids is 1. The Bertz CT molecular complexity index is 247. The lowest BCUT2D eigenvalue weighted by atomic mass is 9.78. The molecule has 0 unspecified atom stereocenters. The molecular weight excluding hydrogens is 164 g/mol. The Morgan fingerprint density at radius 2 is 2.00 bits per heavy atom. The van der Waals surface area contributed by atoms with Crippen molar-refractivity contribution in [2.24, 2.45) is 0 Å². The first kappa shape index (κ1) is 8.95. The van der Waals surface area contributed by atoms with E-state index in [1.165, 1.54) is 19.3 Å². The van der Waals surface area contributed by atoms with Crippen LogP contribution in [0.25, 0.3) is 0 Å². The summed E-state index contributed by atoms with van der Waals surface area (Å²) in [6, 6.07) is 0. The van der Waals surface area contributed by atoms with Crippen LogP contribution in [0.3, 0.4) is 0 Å². The van der Waals surface area contributed by atoms with Gasteiger partial charge in [0, 0.05) is 0 Å². The fourth-order valence-corrected chi connectivity index (χ4v) is 2.40. The topological polar surface area (TPSA) is 26.3 Å². The van der Waals surface area contributed by atoms with Crippen LogP contribution in [0.5, 0.6) is 0 Å². The predicted molar refractivity (Wildman–Crippen MR) is 50.5 cm³/mol. The van der Waals surface area contributed by atoms with Crippen molar-refractivity contribution in [1.29, 1.82) is 0 Å². The third-order valence-corrected chi connectivity index (χ3v) is 3.25. The summed E-state index contributed by atoms with van der Waals surface area (Å²) in [5.74, 6) is 0.119. The van der Waals surface area contributed by atoms with Crippen molar-refractivity contribution in [3.63, 3.8) is 0 Å². The number of ether oxygens (including phenoxy) is 1. The van der Waals surface area contributed by atoms with E-state index in [-0.39, 0.29) is 18.0 Å². The molecule has 0 radical (unpaired) electrons. The molecule has 0 amide bonds. The molecule has 0 bridgehead atoms. The van der Waals surface area contributed by atoms with E-state index in [1.54, 1.807) is 6.08 Å². The number of ketones is 1. The quantitative estimate of drug-likeness (QED) is 0.571. The lowest BCUT2D eigenvalue weighted by Gasteiger charge is -2.40. The first-order chi connectivity index (χ1) is 6.23. The third kappa shape index (κ3) is 1.55. The highest BCUT2D eigenvalue weighted by Gasteiger charge is 2.37. The van der Waals surface area contributed by atoms with Gasteiger partial charge in [-0.25, -0.2) is 0 Å². The Hall–Kier alpha value is -0.630. The second-order valence-corrected chi connectivity index (χ2v) is 4.14. The summed E-state index contributed by atoms with van der Waals surface area (Å²) in [5.41, 5.74) is 1.08. The van der Waals surface area contributed by atoms with Gasteiger partial charge in [0.15, 0.2) is 5.78 Å². The Balaban J connectivity index is 2.21. The maximum atomic E-state index is 11.1. The first-order valence-electron chi connectivity index (χ1n) is 5.08. The summed E-state index contributed by atoms with van der Waals surface area (Å²) in [7, 11) is 0. The minimum atomic E-state index is -0.0633. The molecule has 13 heavy (non-hydrogen) atoms. The van der Waals surface area contributed by atoms with Crippen LogP contribution in [-0.4, -0.2) is 18.0 Å². The van der Waals surface area contributed by atoms with Crippen LogP contribution in [0.2, 0.25) is 0 Å². The van der Waals surface area contributed by atoms with Gasteiger partial charge in [0.1, 0.15) is 6.61 Å². The van der Waals surface area contributed by atoms with Gasteiger partial charge < -0.3 is 4.74 Å². The SMILES string of the molecule is CC1=CC(=O)COC12CCCCC2. The first-order valence-corrected chi connectivity index (χ1v) is 5.08. The molecular formula is C11H16O2. The lowest BCUT2D eigenvalue weighted by Crippen LogP contribution is -2.41. The monoisotopic (exact) mass is 180 g/mol. The van der Waals surface area contributed by atoms with E-state index in [9.17, 15) is 4.79 Å². The Labute approximate surface area is 79.0 Å². The summed E-state index contributed by atoms with van der Waals surface area (Å²) >= 11 is 0. The van der Waals surface area contributed by atoms with Gasteiger partial charge in [-0.05, 0) is 31.4 Å². The molecule has 0 aromatic carbocycles. The molecule has 0 saturated heterocycles. The summed E-state index contributed by atoms with van der Waals surface area (Å²) < 4.78 is 5.71. The van der Waals surface area contributed by atoms with Gasteiger partial charge in [-0.1, -0.05) is 19.3 Å². The van der Waals surface area contributed by atoms with E-state index in [0.29, 0.717) is 0 Å². The minimum Gasteiger partial charge on any atom is -0.363 e. The second kappa shape index (κ2) is 3.26. The molecule has 0 aromatic rings. The van der Waals surface area contributed by atoms with Gasteiger partial charge in [-0.3, -0.25) is 4.79 Å². The van der Waals surface area contributed by atoms with Crippen molar-refractivity contribution in [1.82, 2.24) is 0 Å². The minimum absolute atomic E-state index is 0.0633. The normalized spacial score (nSPS) is 27.5. The summed E-state index contributed by atoms with van der Waals surface area (Å²) in [5, 5.41) is 0. The van der Waals surface area contributed by atoms with Crippen LogP contribution in [0, 0.1) is 0 Å². The average Bonchev–Trinajstić information content (AvgIpc) is 2.14. The van der Waals surface area contributed by atoms with E-state index >= 15 is 0 Å². The average molecular weight is 180 g/mol.